The lowest BCUT2D eigenvalue weighted by Gasteiger charge is -2.38. The SMILES string of the molecule is COCCCN(CC(N)=O)C1CC2CC1C1CCCC21. The molecule has 0 aromatic heterocycles. The average molecular weight is 280 g/mol. The average Bonchev–Trinajstić information content (AvgIpc) is 3.09. The van der Waals surface area contributed by atoms with E-state index in [1.54, 1.807) is 7.11 Å². The highest BCUT2D eigenvalue weighted by Gasteiger charge is 2.54. The summed E-state index contributed by atoms with van der Waals surface area (Å²) in [5.74, 6) is 3.51. The first-order valence-corrected chi connectivity index (χ1v) is 8.22. The van der Waals surface area contributed by atoms with Crippen molar-refractivity contribution < 1.29 is 9.53 Å². The maximum absolute atomic E-state index is 11.4. The van der Waals surface area contributed by atoms with Gasteiger partial charge in [0.15, 0.2) is 0 Å². The second-order valence-corrected chi connectivity index (χ2v) is 7.00. The van der Waals surface area contributed by atoms with Gasteiger partial charge >= 0.3 is 0 Å². The number of methoxy groups -OCH3 is 1. The third kappa shape index (κ3) is 2.60. The molecule has 3 fully saturated rings. The normalized spacial score (nSPS) is 38.6. The van der Waals surface area contributed by atoms with Crippen molar-refractivity contribution in [3.8, 4) is 0 Å². The smallest absolute Gasteiger partial charge is 0.231 e. The van der Waals surface area contributed by atoms with Gasteiger partial charge in [0.05, 0.1) is 6.54 Å². The summed E-state index contributed by atoms with van der Waals surface area (Å²) in [5.41, 5.74) is 5.46. The third-order valence-electron chi connectivity index (χ3n) is 6.02. The molecular weight excluding hydrogens is 252 g/mol. The number of nitrogens with zero attached hydrogens (tertiary/aromatic N) is 1. The minimum Gasteiger partial charge on any atom is -0.385 e. The summed E-state index contributed by atoms with van der Waals surface area (Å²) < 4.78 is 5.15. The van der Waals surface area contributed by atoms with Gasteiger partial charge in [-0.2, -0.15) is 0 Å². The minimum atomic E-state index is -0.187. The number of carbonyl (C=O) groups excluding carboxylic acids is 1. The monoisotopic (exact) mass is 280 g/mol. The zero-order chi connectivity index (χ0) is 14.1. The zero-order valence-electron chi connectivity index (χ0n) is 12.6. The van der Waals surface area contributed by atoms with Gasteiger partial charge in [0.2, 0.25) is 5.91 Å². The quantitative estimate of drug-likeness (QED) is 0.721. The topological polar surface area (TPSA) is 55.6 Å². The molecule has 0 saturated heterocycles. The van der Waals surface area contributed by atoms with Crippen LogP contribution in [0.5, 0.6) is 0 Å². The Morgan fingerprint density at radius 3 is 2.80 bits per heavy atom. The molecule has 3 saturated carbocycles. The van der Waals surface area contributed by atoms with E-state index in [9.17, 15) is 4.79 Å². The minimum absolute atomic E-state index is 0.187. The van der Waals surface area contributed by atoms with Crippen molar-refractivity contribution in [2.75, 3.05) is 26.8 Å². The van der Waals surface area contributed by atoms with Gasteiger partial charge in [-0.05, 0) is 55.8 Å². The van der Waals surface area contributed by atoms with Gasteiger partial charge in [-0.15, -0.1) is 0 Å². The van der Waals surface area contributed by atoms with Crippen LogP contribution in [-0.4, -0.2) is 43.7 Å². The van der Waals surface area contributed by atoms with Crippen molar-refractivity contribution in [2.24, 2.45) is 29.4 Å². The molecule has 5 unspecified atom stereocenters. The molecule has 0 heterocycles. The number of carbonyl (C=O) groups is 1. The highest BCUT2D eigenvalue weighted by molar-refractivity contribution is 5.76. The Kier molecular flexibility index (Phi) is 4.32. The summed E-state index contributed by atoms with van der Waals surface area (Å²) in [6.45, 7) is 2.14. The molecule has 3 aliphatic carbocycles. The fourth-order valence-corrected chi connectivity index (χ4v) is 5.43. The summed E-state index contributed by atoms with van der Waals surface area (Å²) in [6, 6.07) is 0.601. The van der Waals surface area contributed by atoms with Gasteiger partial charge in [0.25, 0.3) is 0 Å². The van der Waals surface area contributed by atoms with E-state index in [1.807, 2.05) is 0 Å². The number of hydrogen-bond donors (Lipinski definition) is 1. The van der Waals surface area contributed by atoms with Gasteiger partial charge in [-0.3, -0.25) is 9.69 Å². The van der Waals surface area contributed by atoms with Gasteiger partial charge in [-0.25, -0.2) is 0 Å². The lowest BCUT2D eigenvalue weighted by atomic mass is 9.78. The zero-order valence-corrected chi connectivity index (χ0v) is 12.6. The first-order valence-electron chi connectivity index (χ1n) is 8.22. The standard InChI is InChI=1S/C16H28N2O2/c1-20-7-3-6-18(10-16(17)19)15-9-11-8-14(15)13-5-2-4-12(11)13/h11-15H,2-10H2,1H3,(H2,17,19). The van der Waals surface area contributed by atoms with Crippen LogP contribution in [0.3, 0.4) is 0 Å². The fourth-order valence-electron chi connectivity index (χ4n) is 5.43. The van der Waals surface area contributed by atoms with Crippen LogP contribution in [0.15, 0.2) is 0 Å². The van der Waals surface area contributed by atoms with Crippen molar-refractivity contribution >= 4 is 5.91 Å². The Balaban J connectivity index is 1.64. The van der Waals surface area contributed by atoms with Gasteiger partial charge < -0.3 is 10.5 Å². The van der Waals surface area contributed by atoms with E-state index in [0.717, 1.165) is 43.2 Å². The lowest BCUT2D eigenvalue weighted by molar-refractivity contribution is -0.120. The molecule has 0 aromatic carbocycles. The molecule has 0 spiro atoms. The van der Waals surface area contributed by atoms with Gasteiger partial charge in [0.1, 0.15) is 0 Å². The molecule has 20 heavy (non-hydrogen) atoms. The number of hydrogen-bond acceptors (Lipinski definition) is 3. The molecule has 2 bridgehead atoms. The number of nitrogens with two attached hydrogens (primary N) is 1. The summed E-state index contributed by atoms with van der Waals surface area (Å²) in [5, 5.41) is 0. The summed E-state index contributed by atoms with van der Waals surface area (Å²) >= 11 is 0. The Bertz CT molecular complexity index is 360. The van der Waals surface area contributed by atoms with Crippen LogP contribution in [0, 0.1) is 23.7 Å². The Morgan fingerprint density at radius 1 is 1.25 bits per heavy atom. The predicted octanol–water partition coefficient (Wildman–Crippen LogP) is 1.63. The Hall–Kier alpha value is -0.610. The molecule has 4 nitrogen and oxygen atoms in total. The van der Waals surface area contributed by atoms with Gasteiger partial charge in [0, 0.05) is 26.3 Å². The van der Waals surface area contributed by atoms with Crippen LogP contribution < -0.4 is 5.73 Å². The molecule has 1 amide bonds. The number of rotatable bonds is 7. The second-order valence-electron chi connectivity index (χ2n) is 7.00. The molecular formula is C16H28N2O2. The van der Waals surface area contributed by atoms with E-state index in [0.29, 0.717) is 12.6 Å². The lowest BCUT2D eigenvalue weighted by Crippen LogP contribution is -2.47. The first kappa shape index (κ1) is 14.3. The molecule has 114 valence electrons. The molecule has 3 rings (SSSR count). The first-order chi connectivity index (χ1) is 9.70. The van der Waals surface area contributed by atoms with E-state index in [2.05, 4.69) is 4.90 Å². The summed E-state index contributed by atoms with van der Waals surface area (Å²) in [6.07, 6.45) is 7.99. The maximum Gasteiger partial charge on any atom is 0.231 e. The van der Waals surface area contributed by atoms with Crippen LogP contribution in [-0.2, 0) is 9.53 Å². The number of primary amides is 1. The predicted molar refractivity (Wildman–Crippen MR) is 78.1 cm³/mol. The van der Waals surface area contributed by atoms with Gasteiger partial charge in [-0.1, -0.05) is 6.42 Å². The second kappa shape index (κ2) is 6.02. The van der Waals surface area contributed by atoms with E-state index in [-0.39, 0.29) is 5.91 Å². The van der Waals surface area contributed by atoms with E-state index in [1.165, 1.54) is 32.1 Å². The van der Waals surface area contributed by atoms with Crippen LogP contribution in [0.2, 0.25) is 0 Å². The highest BCUT2D eigenvalue weighted by Crippen LogP contribution is 2.59. The van der Waals surface area contributed by atoms with Crippen LogP contribution >= 0.6 is 0 Å². The van der Waals surface area contributed by atoms with E-state index < -0.39 is 0 Å². The molecule has 3 aliphatic rings. The molecule has 4 heteroatoms. The van der Waals surface area contributed by atoms with Crippen LogP contribution in [0.4, 0.5) is 0 Å². The largest absolute Gasteiger partial charge is 0.385 e. The van der Waals surface area contributed by atoms with Crippen molar-refractivity contribution in [3.05, 3.63) is 0 Å². The highest BCUT2D eigenvalue weighted by atomic mass is 16.5. The molecule has 0 radical (unpaired) electrons. The number of amides is 1. The van der Waals surface area contributed by atoms with Crippen molar-refractivity contribution in [1.29, 1.82) is 0 Å². The third-order valence-corrected chi connectivity index (χ3v) is 6.02. The molecule has 0 aliphatic heterocycles. The maximum atomic E-state index is 11.4. The fraction of sp³-hybridized carbons (Fsp3) is 0.938. The Labute approximate surface area is 122 Å². The van der Waals surface area contributed by atoms with Crippen molar-refractivity contribution in [3.63, 3.8) is 0 Å². The van der Waals surface area contributed by atoms with Crippen molar-refractivity contribution in [2.45, 2.75) is 44.6 Å². The molecule has 2 N–H and O–H groups in total. The van der Waals surface area contributed by atoms with Crippen LogP contribution in [0.1, 0.15) is 38.5 Å². The number of ether oxygens (including phenoxy) is 1. The molecule has 0 aromatic rings. The molecule has 5 atom stereocenters. The van der Waals surface area contributed by atoms with E-state index in [4.69, 9.17) is 10.5 Å². The summed E-state index contributed by atoms with van der Waals surface area (Å²) in [4.78, 5) is 13.7. The Morgan fingerprint density at radius 2 is 2.05 bits per heavy atom. The van der Waals surface area contributed by atoms with E-state index >= 15 is 0 Å². The van der Waals surface area contributed by atoms with Crippen LogP contribution in [0.25, 0.3) is 0 Å². The number of fused-ring (bicyclic) bond motifs is 5. The summed E-state index contributed by atoms with van der Waals surface area (Å²) in [7, 11) is 1.74. The van der Waals surface area contributed by atoms with Crippen molar-refractivity contribution in [1.82, 2.24) is 4.90 Å².